The van der Waals surface area contributed by atoms with E-state index >= 15 is 0 Å². The molecule has 3 atom stereocenters. The zero-order chi connectivity index (χ0) is 19.3. The van der Waals surface area contributed by atoms with Crippen molar-refractivity contribution in [3.05, 3.63) is 47.4 Å². The predicted molar refractivity (Wildman–Crippen MR) is 106 cm³/mol. The van der Waals surface area contributed by atoms with Crippen LogP contribution in [0.15, 0.2) is 36.1 Å². The average Bonchev–Trinajstić information content (AvgIpc) is 3.45. The lowest BCUT2D eigenvalue weighted by Crippen LogP contribution is -2.46. The number of aromatic amines is 1. The molecule has 7 nitrogen and oxygen atoms in total. The number of amides is 1. The SMILES string of the molecule is Cn1nccc1C1(O)CC2CCCN(C(=O)c3csc(-c4cn[nH]c4)c3)C2C1. The second kappa shape index (κ2) is 6.56. The number of likely N-dealkylation sites (tertiary alicyclic amines) is 1. The molecule has 8 heteroatoms. The summed E-state index contributed by atoms with van der Waals surface area (Å²) >= 11 is 1.56. The van der Waals surface area contributed by atoms with Crippen molar-refractivity contribution in [1.29, 1.82) is 0 Å². The van der Waals surface area contributed by atoms with Crippen LogP contribution in [0, 0.1) is 5.92 Å². The van der Waals surface area contributed by atoms with Crippen LogP contribution in [-0.4, -0.2) is 48.5 Å². The smallest absolute Gasteiger partial charge is 0.254 e. The molecule has 2 N–H and O–H groups in total. The molecule has 28 heavy (non-hydrogen) atoms. The molecule has 2 aliphatic rings. The molecular weight excluding hydrogens is 374 g/mol. The molecule has 3 unspecified atom stereocenters. The number of aryl methyl sites for hydroxylation is 1. The van der Waals surface area contributed by atoms with E-state index < -0.39 is 5.60 Å². The van der Waals surface area contributed by atoms with Crippen molar-refractivity contribution in [3.8, 4) is 10.4 Å². The quantitative estimate of drug-likeness (QED) is 0.711. The summed E-state index contributed by atoms with van der Waals surface area (Å²) in [6.45, 7) is 0.748. The first-order valence-corrected chi connectivity index (χ1v) is 10.5. The van der Waals surface area contributed by atoms with E-state index in [1.54, 1.807) is 28.4 Å². The van der Waals surface area contributed by atoms with Crippen LogP contribution in [0.2, 0.25) is 0 Å². The van der Waals surface area contributed by atoms with E-state index in [2.05, 4.69) is 15.3 Å². The first-order chi connectivity index (χ1) is 13.5. The maximum Gasteiger partial charge on any atom is 0.254 e. The van der Waals surface area contributed by atoms with Crippen LogP contribution in [0.5, 0.6) is 0 Å². The van der Waals surface area contributed by atoms with Crippen molar-refractivity contribution in [2.75, 3.05) is 6.54 Å². The monoisotopic (exact) mass is 397 g/mol. The number of carbonyl (C=O) groups is 1. The fraction of sp³-hybridized carbons (Fsp3) is 0.450. The third-order valence-electron chi connectivity index (χ3n) is 6.25. The minimum absolute atomic E-state index is 0.0648. The Hall–Kier alpha value is -2.45. The van der Waals surface area contributed by atoms with Crippen LogP contribution in [0.1, 0.15) is 41.7 Å². The maximum absolute atomic E-state index is 13.3. The van der Waals surface area contributed by atoms with Gasteiger partial charge in [0.1, 0.15) is 5.60 Å². The molecule has 0 aromatic carbocycles. The molecule has 4 heterocycles. The molecule has 2 fully saturated rings. The lowest BCUT2D eigenvalue weighted by atomic mass is 9.91. The summed E-state index contributed by atoms with van der Waals surface area (Å²) in [5.74, 6) is 0.388. The first-order valence-electron chi connectivity index (χ1n) is 9.65. The van der Waals surface area contributed by atoms with Crippen LogP contribution in [0.3, 0.4) is 0 Å². The molecule has 1 aliphatic heterocycles. The zero-order valence-electron chi connectivity index (χ0n) is 15.7. The van der Waals surface area contributed by atoms with Gasteiger partial charge in [-0.1, -0.05) is 0 Å². The van der Waals surface area contributed by atoms with Gasteiger partial charge in [-0.25, -0.2) is 0 Å². The molecule has 5 rings (SSSR count). The molecule has 3 aromatic heterocycles. The highest BCUT2D eigenvalue weighted by Crippen LogP contribution is 2.48. The number of nitrogens with one attached hydrogen (secondary N) is 1. The molecular formula is C20H23N5O2S. The molecule has 3 aromatic rings. The zero-order valence-corrected chi connectivity index (χ0v) is 16.5. The summed E-state index contributed by atoms with van der Waals surface area (Å²) in [6, 6.07) is 3.90. The number of piperidine rings is 1. The van der Waals surface area contributed by atoms with E-state index in [1.165, 1.54) is 0 Å². The second-order valence-corrected chi connectivity index (χ2v) is 8.85. The van der Waals surface area contributed by atoms with E-state index in [9.17, 15) is 9.90 Å². The van der Waals surface area contributed by atoms with Crippen molar-refractivity contribution >= 4 is 17.2 Å². The van der Waals surface area contributed by atoms with Gasteiger partial charge in [-0.2, -0.15) is 10.2 Å². The minimum atomic E-state index is -0.917. The van der Waals surface area contributed by atoms with Gasteiger partial charge < -0.3 is 10.0 Å². The van der Waals surface area contributed by atoms with Crippen molar-refractivity contribution < 1.29 is 9.90 Å². The summed E-state index contributed by atoms with van der Waals surface area (Å²) in [5.41, 5.74) is 1.64. The summed E-state index contributed by atoms with van der Waals surface area (Å²) < 4.78 is 1.75. The normalized spacial score (nSPS) is 27.1. The standard InChI is InChI=1S/C20H23N5O2S/c1-24-18(4-5-23-24)20(27)8-13-3-2-6-25(16(13)9-20)19(26)14-7-17(28-12-14)15-10-21-22-11-15/h4-5,7,10-13,16,27H,2-3,6,8-9H2,1H3,(H,21,22). The number of aliphatic hydroxyl groups is 1. The Balaban J connectivity index is 1.40. The van der Waals surface area contributed by atoms with Gasteiger partial charge in [0.15, 0.2) is 0 Å². The number of nitrogens with zero attached hydrogens (tertiary/aromatic N) is 4. The van der Waals surface area contributed by atoms with Crippen LogP contribution >= 0.6 is 11.3 Å². The predicted octanol–water partition coefficient (Wildman–Crippen LogP) is 2.77. The number of carbonyl (C=O) groups excluding carboxylic acids is 1. The van der Waals surface area contributed by atoms with Gasteiger partial charge in [-0.05, 0) is 37.3 Å². The Morgan fingerprint density at radius 2 is 2.32 bits per heavy atom. The summed E-state index contributed by atoms with van der Waals surface area (Å²) in [4.78, 5) is 16.3. The van der Waals surface area contributed by atoms with Gasteiger partial charge in [0, 0.05) is 54.3 Å². The van der Waals surface area contributed by atoms with Gasteiger partial charge in [0.05, 0.1) is 17.5 Å². The van der Waals surface area contributed by atoms with E-state index in [-0.39, 0.29) is 11.9 Å². The molecule has 0 bridgehead atoms. The summed E-state index contributed by atoms with van der Waals surface area (Å²) in [6.07, 6.45) is 8.61. The van der Waals surface area contributed by atoms with Gasteiger partial charge >= 0.3 is 0 Å². The molecule has 1 saturated heterocycles. The van der Waals surface area contributed by atoms with Crippen LogP contribution in [0.4, 0.5) is 0 Å². The maximum atomic E-state index is 13.3. The lowest BCUT2D eigenvalue weighted by Gasteiger charge is -2.37. The van der Waals surface area contributed by atoms with Crippen LogP contribution in [0.25, 0.3) is 10.4 Å². The van der Waals surface area contributed by atoms with Crippen molar-refractivity contribution in [1.82, 2.24) is 24.9 Å². The molecule has 1 amide bonds. The molecule has 1 saturated carbocycles. The van der Waals surface area contributed by atoms with Crippen molar-refractivity contribution in [2.24, 2.45) is 13.0 Å². The fourth-order valence-corrected chi connectivity index (χ4v) is 5.82. The molecule has 0 spiro atoms. The van der Waals surface area contributed by atoms with E-state index in [0.717, 1.165) is 41.1 Å². The number of thiophene rings is 1. The number of rotatable bonds is 3. The van der Waals surface area contributed by atoms with Gasteiger partial charge in [0.25, 0.3) is 5.91 Å². The van der Waals surface area contributed by atoms with Gasteiger partial charge in [-0.3, -0.25) is 14.6 Å². The Labute approximate surface area is 167 Å². The van der Waals surface area contributed by atoms with Gasteiger partial charge in [-0.15, -0.1) is 11.3 Å². The van der Waals surface area contributed by atoms with E-state index in [4.69, 9.17) is 0 Å². The fourth-order valence-electron chi connectivity index (χ4n) is 4.96. The Bertz CT molecular complexity index is 994. The third-order valence-corrected chi connectivity index (χ3v) is 7.23. The van der Waals surface area contributed by atoms with Crippen LogP contribution < -0.4 is 0 Å². The highest BCUT2D eigenvalue weighted by molar-refractivity contribution is 7.13. The number of aromatic nitrogens is 4. The number of hydrogen-bond donors (Lipinski definition) is 2. The topological polar surface area (TPSA) is 87.0 Å². The van der Waals surface area contributed by atoms with Crippen LogP contribution in [-0.2, 0) is 12.6 Å². The molecule has 1 aliphatic carbocycles. The number of hydrogen-bond acceptors (Lipinski definition) is 5. The molecule has 0 radical (unpaired) electrons. The summed E-state index contributed by atoms with van der Waals surface area (Å²) in [5, 5.41) is 24.3. The second-order valence-electron chi connectivity index (χ2n) is 7.93. The van der Waals surface area contributed by atoms with Gasteiger partial charge in [0.2, 0.25) is 0 Å². The third kappa shape index (κ3) is 2.79. The first kappa shape index (κ1) is 17.6. The average molecular weight is 398 g/mol. The molecule has 146 valence electrons. The largest absolute Gasteiger partial charge is 0.383 e. The van der Waals surface area contributed by atoms with Crippen molar-refractivity contribution in [2.45, 2.75) is 37.3 Å². The Kier molecular flexibility index (Phi) is 4.13. The van der Waals surface area contributed by atoms with E-state index in [1.807, 2.05) is 35.7 Å². The highest BCUT2D eigenvalue weighted by Gasteiger charge is 2.50. The number of H-pyrrole nitrogens is 1. The summed E-state index contributed by atoms with van der Waals surface area (Å²) in [7, 11) is 1.86. The minimum Gasteiger partial charge on any atom is -0.383 e. The lowest BCUT2D eigenvalue weighted by molar-refractivity contribution is 0.0261. The van der Waals surface area contributed by atoms with Crippen molar-refractivity contribution in [3.63, 3.8) is 0 Å². The Morgan fingerprint density at radius 3 is 3.07 bits per heavy atom. The Morgan fingerprint density at radius 1 is 1.43 bits per heavy atom. The number of fused-ring (bicyclic) bond motifs is 1. The highest BCUT2D eigenvalue weighted by atomic mass is 32.1. The van der Waals surface area contributed by atoms with E-state index in [0.29, 0.717) is 18.8 Å².